The fourth-order valence-electron chi connectivity index (χ4n) is 2.69. The first-order valence-corrected chi connectivity index (χ1v) is 6.71. The van der Waals surface area contributed by atoms with Crippen LogP contribution < -0.4 is 4.90 Å². The maximum absolute atomic E-state index is 13.7. The molecule has 1 saturated heterocycles. The molecule has 0 aliphatic carbocycles. The van der Waals surface area contributed by atoms with Gasteiger partial charge in [0.05, 0.1) is 6.10 Å². The Balaban J connectivity index is 1.97. The van der Waals surface area contributed by atoms with Gasteiger partial charge in [0.2, 0.25) is 0 Å². The lowest BCUT2D eigenvalue weighted by atomic mass is 10.1. The van der Waals surface area contributed by atoms with Gasteiger partial charge >= 0.3 is 0 Å². The fourth-order valence-corrected chi connectivity index (χ4v) is 2.69. The average molecular weight is 278 g/mol. The van der Waals surface area contributed by atoms with E-state index in [0.717, 1.165) is 31.2 Å². The lowest BCUT2D eigenvalue weighted by molar-refractivity contribution is 0.116. The van der Waals surface area contributed by atoms with Crippen LogP contribution >= 0.6 is 0 Å². The van der Waals surface area contributed by atoms with Gasteiger partial charge in [0.15, 0.2) is 5.82 Å². The lowest BCUT2D eigenvalue weighted by Crippen LogP contribution is -2.28. The van der Waals surface area contributed by atoms with Crippen LogP contribution in [0.5, 0.6) is 0 Å². The largest absolute Gasteiger partial charge is 0.376 e. The molecule has 1 atom stereocenters. The van der Waals surface area contributed by atoms with Crippen LogP contribution in [-0.2, 0) is 4.74 Å². The van der Waals surface area contributed by atoms with E-state index in [2.05, 4.69) is 4.98 Å². The van der Waals surface area contributed by atoms with Crippen LogP contribution in [-0.4, -0.2) is 31.3 Å². The minimum absolute atomic E-state index is 0.182. The van der Waals surface area contributed by atoms with Gasteiger partial charge in [-0.3, -0.25) is 4.98 Å². The predicted molar refractivity (Wildman–Crippen MR) is 73.9 cm³/mol. The van der Waals surface area contributed by atoms with Crippen LogP contribution in [0.25, 0.3) is 10.9 Å². The number of hydrogen-bond acceptors (Lipinski definition) is 3. The van der Waals surface area contributed by atoms with Crippen molar-refractivity contribution in [2.45, 2.75) is 18.9 Å². The molecule has 1 fully saturated rings. The first-order chi connectivity index (χ1) is 9.65. The van der Waals surface area contributed by atoms with Crippen molar-refractivity contribution in [3.05, 3.63) is 36.0 Å². The van der Waals surface area contributed by atoms with E-state index in [1.807, 2.05) is 11.9 Å². The van der Waals surface area contributed by atoms with Gasteiger partial charge in [-0.05, 0) is 25.0 Å². The van der Waals surface area contributed by atoms with Crippen molar-refractivity contribution in [2.75, 3.05) is 25.1 Å². The highest BCUT2D eigenvalue weighted by Crippen LogP contribution is 2.28. The first kappa shape index (κ1) is 13.2. The molecule has 5 heteroatoms. The summed E-state index contributed by atoms with van der Waals surface area (Å²) in [4.78, 5) is 5.97. The number of nitrogens with zero attached hydrogens (tertiary/aromatic N) is 2. The molecule has 0 bridgehead atoms. The predicted octanol–water partition coefficient (Wildman–Crippen LogP) is 3.13. The zero-order chi connectivity index (χ0) is 14.1. The maximum atomic E-state index is 13.7. The third-order valence-electron chi connectivity index (χ3n) is 3.65. The molecule has 1 aliphatic rings. The van der Waals surface area contributed by atoms with E-state index < -0.39 is 11.6 Å². The van der Waals surface area contributed by atoms with E-state index >= 15 is 0 Å². The van der Waals surface area contributed by atoms with Gasteiger partial charge in [0.1, 0.15) is 11.3 Å². The van der Waals surface area contributed by atoms with E-state index in [-0.39, 0.29) is 11.6 Å². The van der Waals surface area contributed by atoms with Gasteiger partial charge in [0.25, 0.3) is 0 Å². The van der Waals surface area contributed by atoms with Crippen LogP contribution in [0.15, 0.2) is 24.4 Å². The molecule has 0 saturated carbocycles. The Morgan fingerprint density at radius 3 is 3.00 bits per heavy atom. The summed E-state index contributed by atoms with van der Waals surface area (Å²) in [6.07, 6.45) is 3.82. The van der Waals surface area contributed by atoms with E-state index in [9.17, 15) is 8.78 Å². The standard InChI is InChI=1S/C15H16F2N2O/c1-19(9-11-3-2-6-20-11)14-4-5-18-15-12(14)7-10(16)8-13(15)17/h4-5,7-8,11H,2-3,6,9H2,1H3. The van der Waals surface area contributed by atoms with E-state index in [0.29, 0.717) is 11.9 Å². The molecule has 0 amide bonds. The number of likely N-dealkylation sites (N-methyl/N-ethyl adjacent to an activating group) is 1. The highest BCUT2D eigenvalue weighted by molar-refractivity contribution is 5.91. The highest BCUT2D eigenvalue weighted by Gasteiger charge is 2.19. The molecular formula is C15H16F2N2O. The Morgan fingerprint density at radius 1 is 1.40 bits per heavy atom. The smallest absolute Gasteiger partial charge is 0.152 e. The normalized spacial score (nSPS) is 18.6. The number of rotatable bonds is 3. The number of ether oxygens (including phenoxy) is 1. The summed E-state index contributed by atoms with van der Waals surface area (Å²) < 4.78 is 32.8. The highest BCUT2D eigenvalue weighted by atomic mass is 19.1. The summed E-state index contributed by atoms with van der Waals surface area (Å²) in [5, 5.41) is 0.491. The fraction of sp³-hybridized carbons (Fsp3) is 0.400. The summed E-state index contributed by atoms with van der Waals surface area (Å²) in [6, 6.07) is 3.96. The summed E-state index contributed by atoms with van der Waals surface area (Å²) >= 11 is 0. The molecular weight excluding hydrogens is 262 g/mol. The molecule has 106 valence electrons. The Morgan fingerprint density at radius 2 is 2.25 bits per heavy atom. The monoisotopic (exact) mass is 278 g/mol. The Labute approximate surface area is 116 Å². The molecule has 0 radical (unpaired) electrons. The molecule has 1 unspecified atom stereocenters. The maximum Gasteiger partial charge on any atom is 0.152 e. The van der Waals surface area contributed by atoms with E-state index in [1.165, 1.54) is 6.07 Å². The number of anilines is 1. The molecule has 3 rings (SSSR count). The van der Waals surface area contributed by atoms with Gasteiger partial charge in [0, 0.05) is 43.5 Å². The van der Waals surface area contributed by atoms with Gasteiger partial charge in [-0.15, -0.1) is 0 Å². The molecule has 3 nitrogen and oxygen atoms in total. The first-order valence-electron chi connectivity index (χ1n) is 6.71. The van der Waals surface area contributed by atoms with Crippen LogP contribution in [0, 0.1) is 11.6 Å². The molecule has 1 aromatic carbocycles. The van der Waals surface area contributed by atoms with E-state index in [1.54, 1.807) is 12.3 Å². The summed E-state index contributed by atoms with van der Waals surface area (Å²) in [7, 11) is 1.90. The lowest BCUT2D eigenvalue weighted by Gasteiger charge is -2.24. The molecule has 0 N–H and O–H groups in total. The topological polar surface area (TPSA) is 25.4 Å². The molecule has 0 spiro atoms. The second kappa shape index (κ2) is 5.32. The van der Waals surface area contributed by atoms with Gasteiger partial charge in [-0.2, -0.15) is 0 Å². The third kappa shape index (κ3) is 2.45. The van der Waals surface area contributed by atoms with Crippen LogP contribution in [0.4, 0.5) is 14.5 Å². The number of halogens is 2. The Kier molecular flexibility index (Phi) is 3.53. The molecule has 1 aliphatic heterocycles. The van der Waals surface area contributed by atoms with Crippen LogP contribution in [0.1, 0.15) is 12.8 Å². The van der Waals surface area contributed by atoms with Crippen molar-refractivity contribution in [3.63, 3.8) is 0 Å². The third-order valence-corrected chi connectivity index (χ3v) is 3.65. The number of benzene rings is 1. The molecule has 2 heterocycles. The average Bonchev–Trinajstić information content (AvgIpc) is 2.90. The zero-order valence-corrected chi connectivity index (χ0v) is 11.3. The quantitative estimate of drug-likeness (QED) is 0.862. The SMILES string of the molecule is CN(CC1CCCO1)c1ccnc2c(F)cc(F)cc12. The Hall–Kier alpha value is -1.75. The van der Waals surface area contributed by atoms with Gasteiger partial charge in [-0.25, -0.2) is 8.78 Å². The minimum Gasteiger partial charge on any atom is -0.376 e. The summed E-state index contributed by atoms with van der Waals surface area (Å²) in [5.74, 6) is -1.22. The summed E-state index contributed by atoms with van der Waals surface area (Å²) in [5.41, 5.74) is 0.965. The number of pyridine rings is 1. The minimum atomic E-state index is -0.632. The molecule has 2 aromatic rings. The zero-order valence-electron chi connectivity index (χ0n) is 11.3. The van der Waals surface area contributed by atoms with Crippen molar-refractivity contribution < 1.29 is 13.5 Å². The van der Waals surface area contributed by atoms with Gasteiger partial charge in [-0.1, -0.05) is 0 Å². The van der Waals surface area contributed by atoms with Crippen LogP contribution in [0.3, 0.4) is 0 Å². The molecule has 20 heavy (non-hydrogen) atoms. The number of fused-ring (bicyclic) bond motifs is 1. The molecule has 1 aromatic heterocycles. The van der Waals surface area contributed by atoms with Crippen molar-refractivity contribution in [1.29, 1.82) is 0 Å². The van der Waals surface area contributed by atoms with E-state index in [4.69, 9.17) is 4.74 Å². The second-order valence-corrected chi connectivity index (χ2v) is 5.13. The second-order valence-electron chi connectivity index (χ2n) is 5.13. The van der Waals surface area contributed by atoms with Gasteiger partial charge < -0.3 is 9.64 Å². The van der Waals surface area contributed by atoms with Crippen LogP contribution in [0.2, 0.25) is 0 Å². The van der Waals surface area contributed by atoms with Crippen molar-refractivity contribution in [3.8, 4) is 0 Å². The van der Waals surface area contributed by atoms with Crippen molar-refractivity contribution in [2.24, 2.45) is 0 Å². The number of hydrogen-bond donors (Lipinski definition) is 0. The number of aromatic nitrogens is 1. The summed E-state index contributed by atoms with van der Waals surface area (Å²) in [6.45, 7) is 1.50. The Bertz CT molecular complexity index is 627. The van der Waals surface area contributed by atoms with Crippen molar-refractivity contribution in [1.82, 2.24) is 4.98 Å². The van der Waals surface area contributed by atoms with Crippen molar-refractivity contribution >= 4 is 16.6 Å².